The molecule has 21 heavy (non-hydrogen) atoms. The van der Waals surface area contributed by atoms with E-state index < -0.39 is 0 Å². The van der Waals surface area contributed by atoms with Gasteiger partial charge in [0.1, 0.15) is 17.3 Å². The fourth-order valence-corrected chi connectivity index (χ4v) is 5.04. The van der Waals surface area contributed by atoms with Crippen LogP contribution >= 0.6 is 0 Å². The van der Waals surface area contributed by atoms with Crippen LogP contribution in [0.1, 0.15) is 36.8 Å². The number of ether oxygens (including phenoxy) is 1. The Morgan fingerprint density at radius 1 is 1.43 bits per heavy atom. The third-order valence-corrected chi connectivity index (χ3v) is 5.75. The molecule has 2 aliphatic carbocycles. The molecule has 1 saturated carbocycles. The highest BCUT2D eigenvalue weighted by molar-refractivity contribution is 5.82. The fourth-order valence-electron chi connectivity index (χ4n) is 5.04. The van der Waals surface area contributed by atoms with Crippen molar-refractivity contribution in [2.24, 2.45) is 5.92 Å². The summed E-state index contributed by atoms with van der Waals surface area (Å²) >= 11 is 0. The van der Waals surface area contributed by atoms with Crippen LogP contribution < -0.4 is 10.1 Å². The highest BCUT2D eigenvalue weighted by atomic mass is 16.5. The lowest BCUT2D eigenvalue weighted by molar-refractivity contribution is -0.125. The van der Waals surface area contributed by atoms with E-state index in [2.05, 4.69) is 5.32 Å². The molecule has 4 heteroatoms. The number of hydrogen-bond acceptors (Lipinski definition) is 4. The van der Waals surface area contributed by atoms with E-state index in [-0.39, 0.29) is 11.2 Å². The van der Waals surface area contributed by atoms with Gasteiger partial charge in [0.2, 0.25) is 0 Å². The van der Waals surface area contributed by atoms with Gasteiger partial charge in [0, 0.05) is 35.9 Å². The van der Waals surface area contributed by atoms with Crippen LogP contribution in [-0.4, -0.2) is 30.6 Å². The van der Waals surface area contributed by atoms with E-state index in [0.29, 0.717) is 30.6 Å². The molecule has 2 bridgehead atoms. The van der Waals surface area contributed by atoms with Crippen molar-refractivity contribution in [1.82, 2.24) is 5.32 Å². The first-order valence-corrected chi connectivity index (χ1v) is 7.79. The minimum atomic E-state index is -0.0854. The standard InChI is InChI=1S/C17H21NO3/c1-21-15-8-12(20)6-10-7-14-13-3-2-11(19)9-17(13,16(10)15)4-5-18-14/h6,8,13-14,18,20H,2-5,7,9H2,1H3. The second-order valence-electron chi connectivity index (χ2n) is 6.71. The van der Waals surface area contributed by atoms with Gasteiger partial charge in [0.15, 0.2) is 0 Å². The summed E-state index contributed by atoms with van der Waals surface area (Å²) in [5, 5.41) is 13.6. The number of phenolic OH excluding ortho intramolecular Hbond substituents is 1. The maximum Gasteiger partial charge on any atom is 0.133 e. The molecule has 4 rings (SSSR count). The van der Waals surface area contributed by atoms with Gasteiger partial charge in [-0.2, -0.15) is 0 Å². The normalized spacial score (nSPS) is 34.0. The number of carbonyl (C=O) groups excluding carboxylic acids is 1. The van der Waals surface area contributed by atoms with Crippen LogP contribution in [0.4, 0.5) is 0 Å². The monoisotopic (exact) mass is 287 g/mol. The number of carbonyl (C=O) groups is 1. The molecule has 0 aromatic heterocycles. The number of Topliss-reactive ketones (excluding diaryl/α,β-unsaturated/α-hetero) is 1. The number of phenols is 1. The topological polar surface area (TPSA) is 58.6 Å². The third kappa shape index (κ3) is 1.75. The quantitative estimate of drug-likeness (QED) is 0.828. The Balaban J connectivity index is 1.96. The Labute approximate surface area is 124 Å². The molecule has 3 unspecified atom stereocenters. The molecular weight excluding hydrogens is 266 g/mol. The Kier molecular flexibility index (Phi) is 2.80. The molecule has 112 valence electrons. The van der Waals surface area contributed by atoms with Crippen molar-refractivity contribution in [2.45, 2.75) is 43.6 Å². The van der Waals surface area contributed by atoms with Gasteiger partial charge in [0.05, 0.1) is 7.11 Å². The summed E-state index contributed by atoms with van der Waals surface area (Å²) in [6.07, 6.45) is 4.21. The molecule has 0 radical (unpaired) electrons. The predicted molar refractivity (Wildman–Crippen MR) is 78.8 cm³/mol. The molecule has 1 aromatic carbocycles. The molecule has 1 aromatic rings. The number of rotatable bonds is 1. The summed E-state index contributed by atoms with van der Waals surface area (Å²) in [4.78, 5) is 12.2. The molecule has 1 saturated heterocycles. The summed E-state index contributed by atoms with van der Waals surface area (Å²) in [5.74, 6) is 1.88. The van der Waals surface area contributed by atoms with Gasteiger partial charge in [0.25, 0.3) is 0 Å². The van der Waals surface area contributed by atoms with Gasteiger partial charge in [-0.1, -0.05) is 0 Å². The number of ketones is 1. The number of nitrogens with one attached hydrogen (secondary N) is 1. The summed E-state index contributed by atoms with van der Waals surface area (Å²) in [7, 11) is 1.65. The second-order valence-corrected chi connectivity index (χ2v) is 6.71. The number of fused-ring (bicyclic) bond motifs is 1. The lowest BCUT2D eigenvalue weighted by atomic mass is 9.52. The predicted octanol–water partition coefficient (Wildman–Crippen LogP) is 1.93. The van der Waals surface area contributed by atoms with Gasteiger partial charge >= 0.3 is 0 Å². The largest absolute Gasteiger partial charge is 0.508 e. The fraction of sp³-hybridized carbons (Fsp3) is 0.588. The minimum absolute atomic E-state index is 0.0854. The van der Waals surface area contributed by atoms with E-state index in [9.17, 15) is 9.90 Å². The van der Waals surface area contributed by atoms with E-state index in [4.69, 9.17) is 4.74 Å². The van der Waals surface area contributed by atoms with E-state index in [1.54, 1.807) is 13.2 Å². The van der Waals surface area contributed by atoms with Crippen LogP contribution in [0, 0.1) is 5.92 Å². The molecule has 0 amide bonds. The smallest absolute Gasteiger partial charge is 0.133 e. The van der Waals surface area contributed by atoms with Crippen molar-refractivity contribution in [3.63, 3.8) is 0 Å². The molecule has 0 spiro atoms. The number of piperidine rings is 1. The first-order valence-electron chi connectivity index (χ1n) is 7.79. The first kappa shape index (κ1) is 13.1. The van der Waals surface area contributed by atoms with Gasteiger partial charge in [-0.3, -0.25) is 4.79 Å². The van der Waals surface area contributed by atoms with E-state index in [1.807, 2.05) is 6.07 Å². The van der Waals surface area contributed by atoms with Gasteiger partial charge < -0.3 is 15.2 Å². The average Bonchev–Trinajstić information content (AvgIpc) is 2.45. The van der Waals surface area contributed by atoms with Crippen molar-refractivity contribution in [1.29, 1.82) is 0 Å². The Morgan fingerprint density at radius 2 is 2.29 bits per heavy atom. The molecule has 3 atom stereocenters. The first-order chi connectivity index (χ1) is 10.1. The molecule has 1 aliphatic heterocycles. The summed E-state index contributed by atoms with van der Waals surface area (Å²) in [6.45, 7) is 0.956. The van der Waals surface area contributed by atoms with Crippen molar-refractivity contribution < 1.29 is 14.6 Å². The number of methoxy groups -OCH3 is 1. The van der Waals surface area contributed by atoms with Crippen molar-refractivity contribution >= 4 is 5.78 Å². The Morgan fingerprint density at radius 3 is 3.10 bits per heavy atom. The van der Waals surface area contributed by atoms with Crippen LogP contribution in [0.3, 0.4) is 0 Å². The van der Waals surface area contributed by atoms with Crippen LogP contribution in [0.15, 0.2) is 12.1 Å². The molecule has 3 aliphatic rings. The van der Waals surface area contributed by atoms with Crippen LogP contribution in [-0.2, 0) is 16.6 Å². The third-order valence-electron chi connectivity index (χ3n) is 5.75. The van der Waals surface area contributed by atoms with Crippen molar-refractivity contribution in [3.05, 3.63) is 23.3 Å². The lowest BCUT2D eigenvalue weighted by Gasteiger charge is -2.55. The Hall–Kier alpha value is -1.55. The van der Waals surface area contributed by atoms with Gasteiger partial charge in [-0.25, -0.2) is 0 Å². The van der Waals surface area contributed by atoms with Crippen molar-refractivity contribution in [3.8, 4) is 11.5 Å². The molecule has 4 nitrogen and oxygen atoms in total. The van der Waals surface area contributed by atoms with E-state index in [1.165, 1.54) is 5.56 Å². The zero-order chi connectivity index (χ0) is 14.6. The highest BCUT2D eigenvalue weighted by Gasteiger charge is 2.54. The number of aromatic hydroxyl groups is 1. The van der Waals surface area contributed by atoms with E-state index >= 15 is 0 Å². The highest BCUT2D eigenvalue weighted by Crippen LogP contribution is 2.56. The number of benzene rings is 1. The summed E-state index contributed by atoms with van der Waals surface area (Å²) in [5.41, 5.74) is 2.26. The maximum atomic E-state index is 12.2. The van der Waals surface area contributed by atoms with Gasteiger partial charge in [-0.05, 0) is 43.4 Å². The average molecular weight is 287 g/mol. The zero-order valence-corrected chi connectivity index (χ0v) is 12.3. The molecule has 2 N–H and O–H groups in total. The van der Waals surface area contributed by atoms with E-state index in [0.717, 1.165) is 37.1 Å². The number of hydrogen-bond donors (Lipinski definition) is 2. The Bertz CT molecular complexity index is 612. The van der Waals surface area contributed by atoms with Crippen molar-refractivity contribution in [2.75, 3.05) is 13.7 Å². The van der Waals surface area contributed by atoms with Crippen LogP contribution in [0.25, 0.3) is 0 Å². The second kappa shape index (κ2) is 4.47. The molecule has 2 fully saturated rings. The maximum absolute atomic E-state index is 12.2. The van der Waals surface area contributed by atoms with Gasteiger partial charge in [-0.15, -0.1) is 0 Å². The molecule has 1 heterocycles. The summed E-state index contributed by atoms with van der Waals surface area (Å²) < 4.78 is 5.57. The molecular formula is C17H21NO3. The van der Waals surface area contributed by atoms with Crippen LogP contribution in [0.5, 0.6) is 11.5 Å². The lowest BCUT2D eigenvalue weighted by Crippen LogP contribution is -2.60. The zero-order valence-electron chi connectivity index (χ0n) is 12.3. The van der Waals surface area contributed by atoms with Crippen LogP contribution in [0.2, 0.25) is 0 Å². The minimum Gasteiger partial charge on any atom is -0.508 e. The summed E-state index contributed by atoms with van der Waals surface area (Å²) in [6, 6.07) is 3.98. The SMILES string of the molecule is COc1cc(O)cc2c1C13CCNC(C2)C1CCC(=O)C3.